The van der Waals surface area contributed by atoms with Gasteiger partial charge in [-0.15, -0.1) is 0 Å². The number of esters is 1. The number of carbonyl (C=O) groups is 2. The first-order chi connectivity index (χ1) is 9.04. The monoisotopic (exact) mass is 264 g/mol. The predicted octanol–water partition coefficient (Wildman–Crippen LogP) is 2.20. The Morgan fingerprint density at radius 1 is 1.32 bits per heavy atom. The topological polar surface area (TPSA) is 61.8 Å². The second-order valence-electron chi connectivity index (χ2n) is 4.30. The van der Waals surface area contributed by atoms with Crippen molar-refractivity contribution in [2.75, 3.05) is 14.2 Å². The SMILES string of the molecule is CCC(=O)[C@H]1OC(=O)c2c(OC)cc(OC)c(C)c21. The lowest BCUT2D eigenvalue weighted by Gasteiger charge is -2.14. The number of methoxy groups -OCH3 is 2. The molecule has 1 aliphatic heterocycles. The Bertz CT molecular complexity index is 547. The highest BCUT2D eigenvalue weighted by atomic mass is 16.6. The molecule has 0 aromatic heterocycles. The number of ether oxygens (including phenoxy) is 3. The fourth-order valence-corrected chi connectivity index (χ4v) is 2.30. The van der Waals surface area contributed by atoms with Gasteiger partial charge in [0.05, 0.1) is 14.2 Å². The van der Waals surface area contributed by atoms with E-state index in [0.29, 0.717) is 29.0 Å². The van der Waals surface area contributed by atoms with Crippen LogP contribution >= 0.6 is 0 Å². The lowest BCUT2D eigenvalue weighted by Crippen LogP contribution is -2.12. The Hall–Kier alpha value is -2.04. The number of fused-ring (bicyclic) bond motifs is 1. The van der Waals surface area contributed by atoms with Gasteiger partial charge in [0, 0.05) is 18.1 Å². The Kier molecular flexibility index (Phi) is 3.46. The van der Waals surface area contributed by atoms with Crippen molar-refractivity contribution in [3.05, 3.63) is 22.8 Å². The van der Waals surface area contributed by atoms with Crippen molar-refractivity contribution in [1.82, 2.24) is 0 Å². The quantitative estimate of drug-likeness (QED) is 0.780. The summed E-state index contributed by atoms with van der Waals surface area (Å²) in [7, 11) is 3.00. The van der Waals surface area contributed by atoms with Gasteiger partial charge in [-0.3, -0.25) is 4.79 Å². The molecule has 0 N–H and O–H groups in total. The molecule has 1 atom stereocenters. The molecule has 1 heterocycles. The summed E-state index contributed by atoms with van der Waals surface area (Å²) in [6, 6.07) is 1.63. The van der Waals surface area contributed by atoms with Crippen molar-refractivity contribution in [3.63, 3.8) is 0 Å². The van der Waals surface area contributed by atoms with Gasteiger partial charge in [-0.05, 0) is 12.5 Å². The molecule has 0 fully saturated rings. The van der Waals surface area contributed by atoms with Crippen molar-refractivity contribution in [1.29, 1.82) is 0 Å². The van der Waals surface area contributed by atoms with Crippen molar-refractivity contribution in [3.8, 4) is 11.5 Å². The van der Waals surface area contributed by atoms with Crippen LogP contribution in [0.25, 0.3) is 0 Å². The first kappa shape index (κ1) is 13.4. The van der Waals surface area contributed by atoms with Crippen LogP contribution in [0, 0.1) is 6.92 Å². The van der Waals surface area contributed by atoms with Crippen LogP contribution in [-0.4, -0.2) is 26.0 Å². The minimum absolute atomic E-state index is 0.134. The first-order valence-corrected chi connectivity index (χ1v) is 6.04. The van der Waals surface area contributed by atoms with E-state index in [1.807, 2.05) is 0 Å². The summed E-state index contributed by atoms with van der Waals surface area (Å²) >= 11 is 0. The summed E-state index contributed by atoms with van der Waals surface area (Å²) in [4.78, 5) is 23.8. The summed E-state index contributed by atoms with van der Waals surface area (Å²) in [5.74, 6) is 0.284. The number of benzene rings is 1. The summed E-state index contributed by atoms with van der Waals surface area (Å²) in [6.07, 6.45) is -0.549. The molecule has 0 saturated carbocycles. The van der Waals surface area contributed by atoms with Crippen LogP contribution in [0.5, 0.6) is 11.5 Å². The molecule has 0 radical (unpaired) electrons. The van der Waals surface area contributed by atoms with Crippen molar-refractivity contribution < 1.29 is 23.8 Å². The first-order valence-electron chi connectivity index (χ1n) is 6.04. The molecule has 0 amide bonds. The smallest absolute Gasteiger partial charge is 0.343 e. The average molecular weight is 264 g/mol. The van der Waals surface area contributed by atoms with Crippen LogP contribution in [0.3, 0.4) is 0 Å². The van der Waals surface area contributed by atoms with Crippen LogP contribution in [0.1, 0.15) is 40.9 Å². The van der Waals surface area contributed by atoms with Gasteiger partial charge >= 0.3 is 5.97 Å². The van der Waals surface area contributed by atoms with Gasteiger partial charge in [-0.2, -0.15) is 0 Å². The molecule has 5 nitrogen and oxygen atoms in total. The molecule has 0 spiro atoms. The van der Waals surface area contributed by atoms with E-state index >= 15 is 0 Å². The van der Waals surface area contributed by atoms with E-state index in [9.17, 15) is 9.59 Å². The molecule has 1 aromatic carbocycles. The second-order valence-corrected chi connectivity index (χ2v) is 4.30. The van der Waals surface area contributed by atoms with Crippen molar-refractivity contribution in [2.45, 2.75) is 26.4 Å². The summed E-state index contributed by atoms with van der Waals surface area (Å²) in [5, 5.41) is 0. The summed E-state index contributed by atoms with van der Waals surface area (Å²) in [5.41, 5.74) is 1.62. The molecular weight excluding hydrogens is 248 g/mol. The van der Waals surface area contributed by atoms with E-state index < -0.39 is 12.1 Å². The van der Waals surface area contributed by atoms with Gasteiger partial charge in [-0.1, -0.05) is 6.92 Å². The number of ketones is 1. The number of carbonyl (C=O) groups excluding carboxylic acids is 2. The van der Waals surface area contributed by atoms with Gasteiger partial charge in [0.2, 0.25) is 0 Å². The Balaban J connectivity index is 2.69. The molecule has 102 valence electrons. The van der Waals surface area contributed by atoms with Crippen LogP contribution in [0.4, 0.5) is 0 Å². The minimum Gasteiger partial charge on any atom is -0.496 e. The Morgan fingerprint density at radius 3 is 2.47 bits per heavy atom. The molecule has 0 aliphatic carbocycles. The van der Waals surface area contributed by atoms with Crippen LogP contribution in [0.2, 0.25) is 0 Å². The third-order valence-corrected chi connectivity index (χ3v) is 3.32. The van der Waals surface area contributed by atoms with Crippen LogP contribution < -0.4 is 9.47 Å². The third-order valence-electron chi connectivity index (χ3n) is 3.32. The second kappa shape index (κ2) is 4.91. The van der Waals surface area contributed by atoms with Gasteiger partial charge in [0.25, 0.3) is 0 Å². The normalized spacial score (nSPS) is 16.8. The summed E-state index contributed by atoms with van der Waals surface area (Å²) < 4.78 is 15.6. The number of Topliss-reactive ketones (excluding diaryl/α,β-unsaturated/α-hetero) is 1. The fraction of sp³-hybridized carbons (Fsp3) is 0.429. The van der Waals surface area contributed by atoms with E-state index in [1.54, 1.807) is 19.9 Å². The molecule has 2 rings (SSSR count). The zero-order valence-electron chi connectivity index (χ0n) is 11.4. The van der Waals surface area contributed by atoms with Crippen LogP contribution in [-0.2, 0) is 9.53 Å². The maximum absolute atomic E-state index is 11.9. The number of cyclic esters (lactones) is 1. The van der Waals surface area contributed by atoms with E-state index in [4.69, 9.17) is 14.2 Å². The third kappa shape index (κ3) is 1.95. The standard InChI is InChI=1S/C14H16O5/c1-5-8(15)13-11-7(2)9(17-3)6-10(18-4)12(11)14(16)19-13/h6,13H,5H2,1-4H3/t13-/m1/s1. The number of hydrogen-bond donors (Lipinski definition) is 0. The van der Waals surface area contributed by atoms with Crippen molar-refractivity contribution >= 4 is 11.8 Å². The molecule has 0 bridgehead atoms. The van der Waals surface area contributed by atoms with Gasteiger partial charge in [0.1, 0.15) is 17.1 Å². The van der Waals surface area contributed by atoms with Gasteiger partial charge in [0.15, 0.2) is 11.9 Å². The van der Waals surface area contributed by atoms with Crippen LogP contribution in [0.15, 0.2) is 6.07 Å². The molecule has 19 heavy (non-hydrogen) atoms. The molecule has 1 aliphatic rings. The highest BCUT2D eigenvalue weighted by molar-refractivity contribution is 6.03. The fourth-order valence-electron chi connectivity index (χ4n) is 2.30. The number of hydrogen-bond acceptors (Lipinski definition) is 5. The zero-order valence-corrected chi connectivity index (χ0v) is 11.4. The highest BCUT2D eigenvalue weighted by Gasteiger charge is 2.40. The van der Waals surface area contributed by atoms with E-state index in [0.717, 1.165) is 5.56 Å². The lowest BCUT2D eigenvalue weighted by molar-refractivity contribution is -0.127. The largest absolute Gasteiger partial charge is 0.496 e. The Morgan fingerprint density at radius 2 is 1.95 bits per heavy atom. The molecular formula is C14H16O5. The van der Waals surface area contributed by atoms with Gasteiger partial charge in [-0.25, -0.2) is 4.79 Å². The number of rotatable bonds is 4. The maximum Gasteiger partial charge on any atom is 0.343 e. The maximum atomic E-state index is 11.9. The van der Waals surface area contributed by atoms with Gasteiger partial charge < -0.3 is 14.2 Å². The van der Waals surface area contributed by atoms with E-state index in [-0.39, 0.29) is 5.78 Å². The molecule has 5 heteroatoms. The summed E-state index contributed by atoms with van der Waals surface area (Å²) in [6.45, 7) is 3.54. The predicted molar refractivity (Wildman–Crippen MR) is 67.7 cm³/mol. The lowest BCUT2D eigenvalue weighted by atomic mass is 9.95. The van der Waals surface area contributed by atoms with E-state index in [1.165, 1.54) is 14.2 Å². The molecule has 0 saturated heterocycles. The molecule has 0 unspecified atom stereocenters. The average Bonchev–Trinajstić information content (AvgIpc) is 2.77. The zero-order chi connectivity index (χ0) is 14.2. The Labute approximate surface area is 111 Å². The van der Waals surface area contributed by atoms with E-state index in [2.05, 4.69) is 0 Å². The minimum atomic E-state index is -0.850. The molecule has 1 aromatic rings. The van der Waals surface area contributed by atoms with Crippen molar-refractivity contribution in [2.24, 2.45) is 0 Å². The highest BCUT2D eigenvalue weighted by Crippen LogP contribution is 2.43.